The molecule has 1 heterocycles. The highest BCUT2D eigenvalue weighted by molar-refractivity contribution is 7.92. The molecule has 0 fully saturated rings. The zero-order chi connectivity index (χ0) is 30.8. The van der Waals surface area contributed by atoms with E-state index in [4.69, 9.17) is 14.2 Å². The van der Waals surface area contributed by atoms with E-state index in [1.165, 1.54) is 26.4 Å². The van der Waals surface area contributed by atoms with Crippen molar-refractivity contribution in [2.75, 3.05) is 24.3 Å². The highest BCUT2D eigenvalue weighted by Gasteiger charge is 2.38. The number of nitrogens with one attached hydrogen (secondary N) is 2. The Morgan fingerprint density at radius 3 is 2.39 bits per heavy atom. The number of nitro groups is 1. The molecular weight excluding hydrogens is 582 g/mol. The molecule has 1 aliphatic heterocycles. The van der Waals surface area contributed by atoms with Gasteiger partial charge >= 0.3 is 0 Å². The molecule has 0 saturated heterocycles. The van der Waals surface area contributed by atoms with Crippen LogP contribution in [0, 0.1) is 16.0 Å². The average Bonchev–Trinajstić information content (AvgIpc) is 3.54. The maximum atomic E-state index is 13.4. The third-order valence-corrected chi connectivity index (χ3v) is 9.45. The molecule has 6 rings (SSSR count). The maximum Gasteiger partial charge on any atom is 0.269 e. The Labute approximate surface area is 255 Å². The number of rotatable bonds is 10. The van der Waals surface area contributed by atoms with Crippen LogP contribution in [0.1, 0.15) is 35.1 Å². The monoisotopic (exact) mass is 613 g/mol. The minimum Gasteiger partial charge on any atom is -0.493 e. The summed E-state index contributed by atoms with van der Waals surface area (Å²) >= 11 is 0. The van der Waals surface area contributed by atoms with Crippen molar-refractivity contribution < 1.29 is 27.6 Å². The molecule has 4 aromatic carbocycles. The van der Waals surface area contributed by atoms with Crippen molar-refractivity contribution in [1.29, 1.82) is 0 Å². The molecule has 226 valence electrons. The average molecular weight is 614 g/mol. The third-order valence-electron chi connectivity index (χ3n) is 8.07. The Kier molecular flexibility index (Phi) is 7.88. The minimum atomic E-state index is -3.86. The first kappa shape index (κ1) is 29.1. The number of nitro benzene ring substituents is 1. The zero-order valence-corrected chi connectivity index (χ0v) is 24.9. The summed E-state index contributed by atoms with van der Waals surface area (Å²) in [5.74, 6) is 1.91. The van der Waals surface area contributed by atoms with Crippen LogP contribution in [-0.2, 0) is 16.6 Å². The summed E-state index contributed by atoms with van der Waals surface area (Å²) < 4.78 is 45.9. The number of anilines is 2. The number of hydrogen-bond acceptors (Lipinski definition) is 8. The summed E-state index contributed by atoms with van der Waals surface area (Å²) in [5, 5.41) is 14.5. The second-order valence-corrected chi connectivity index (χ2v) is 12.4. The van der Waals surface area contributed by atoms with E-state index in [0.717, 1.165) is 28.8 Å². The fraction of sp³-hybridized carbons (Fsp3) is 0.212. The van der Waals surface area contributed by atoms with Gasteiger partial charge in [0.15, 0.2) is 11.5 Å². The van der Waals surface area contributed by atoms with E-state index in [1.54, 1.807) is 42.5 Å². The molecule has 44 heavy (non-hydrogen) atoms. The predicted octanol–water partition coefficient (Wildman–Crippen LogP) is 6.82. The first-order chi connectivity index (χ1) is 21.3. The number of methoxy groups -OCH3 is 2. The fourth-order valence-electron chi connectivity index (χ4n) is 5.84. The van der Waals surface area contributed by atoms with E-state index in [-0.39, 0.29) is 28.5 Å². The minimum absolute atomic E-state index is 0.0265. The van der Waals surface area contributed by atoms with Gasteiger partial charge in [0.25, 0.3) is 15.7 Å². The SMILES string of the molecule is COc1ccc(NS(=O)(=O)c2ccc3c(c2)[C@H]2C=CC[C@H]2[C@@H](c2ccc(OCc4ccc([N+](=O)[O-])cc4)cc2)N3)cc1OC. The second-order valence-electron chi connectivity index (χ2n) is 10.7. The molecule has 0 amide bonds. The first-order valence-corrected chi connectivity index (χ1v) is 15.5. The molecular formula is C33H31N3O7S. The van der Waals surface area contributed by atoms with Crippen LogP contribution >= 0.6 is 0 Å². The summed E-state index contributed by atoms with van der Waals surface area (Å²) in [7, 11) is -0.844. The Morgan fingerprint density at radius 2 is 1.68 bits per heavy atom. The molecule has 2 N–H and O–H groups in total. The van der Waals surface area contributed by atoms with E-state index in [1.807, 2.05) is 30.3 Å². The molecule has 0 bridgehead atoms. The molecule has 2 aliphatic rings. The lowest BCUT2D eigenvalue weighted by atomic mass is 9.77. The quantitative estimate of drug-likeness (QED) is 0.113. The fourth-order valence-corrected chi connectivity index (χ4v) is 6.92. The second kappa shape index (κ2) is 11.9. The largest absolute Gasteiger partial charge is 0.493 e. The normalized spacial score (nSPS) is 18.5. The Balaban J connectivity index is 1.17. The number of nitrogens with zero attached hydrogens (tertiary/aromatic N) is 1. The van der Waals surface area contributed by atoms with E-state index in [2.05, 4.69) is 22.2 Å². The lowest BCUT2D eigenvalue weighted by molar-refractivity contribution is -0.384. The predicted molar refractivity (Wildman–Crippen MR) is 167 cm³/mol. The van der Waals surface area contributed by atoms with Gasteiger partial charge in [-0.2, -0.15) is 0 Å². The molecule has 0 radical (unpaired) electrons. The van der Waals surface area contributed by atoms with E-state index in [9.17, 15) is 18.5 Å². The smallest absolute Gasteiger partial charge is 0.269 e. The van der Waals surface area contributed by atoms with Crippen molar-refractivity contribution in [3.05, 3.63) is 124 Å². The van der Waals surface area contributed by atoms with Gasteiger partial charge in [-0.15, -0.1) is 0 Å². The lowest BCUT2D eigenvalue weighted by Crippen LogP contribution is -2.29. The number of fused-ring (bicyclic) bond motifs is 3. The first-order valence-electron chi connectivity index (χ1n) is 14.0. The third kappa shape index (κ3) is 5.78. The van der Waals surface area contributed by atoms with Crippen LogP contribution < -0.4 is 24.2 Å². The Morgan fingerprint density at radius 1 is 0.932 bits per heavy atom. The zero-order valence-electron chi connectivity index (χ0n) is 24.1. The van der Waals surface area contributed by atoms with Gasteiger partial charge < -0.3 is 19.5 Å². The number of benzene rings is 4. The molecule has 0 aromatic heterocycles. The van der Waals surface area contributed by atoms with Crippen LogP contribution in [0.15, 0.2) is 102 Å². The van der Waals surface area contributed by atoms with E-state index < -0.39 is 14.9 Å². The van der Waals surface area contributed by atoms with Crippen molar-refractivity contribution in [3.8, 4) is 17.2 Å². The molecule has 3 atom stereocenters. The van der Waals surface area contributed by atoms with Crippen molar-refractivity contribution in [1.82, 2.24) is 0 Å². The van der Waals surface area contributed by atoms with Gasteiger partial charge in [-0.05, 0) is 83.6 Å². The standard InChI is InChI=1S/C33H31N3O7S/c1-41-31-17-10-23(18-32(31)42-2)35-44(39,40)26-15-16-30-29(19-26)27-4-3-5-28(27)33(34-30)22-8-13-25(14-9-22)43-20-21-6-11-24(12-7-21)36(37)38/h3-4,6-19,27-28,33-35H,5,20H2,1-2H3/t27-,28+,33+/m0/s1. The van der Waals surface area contributed by atoms with Gasteiger partial charge in [0.05, 0.1) is 35.8 Å². The molecule has 1 aliphatic carbocycles. The molecule has 0 unspecified atom stereocenters. The lowest BCUT2D eigenvalue weighted by Gasteiger charge is -2.37. The van der Waals surface area contributed by atoms with E-state index >= 15 is 0 Å². The van der Waals surface area contributed by atoms with Gasteiger partial charge in [-0.1, -0.05) is 24.3 Å². The Bertz CT molecular complexity index is 1820. The summed E-state index contributed by atoms with van der Waals surface area (Å²) in [6.07, 6.45) is 5.18. The van der Waals surface area contributed by atoms with Crippen LogP contribution in [0.5, 0.6) is 17.2 Å². The van der Waals surface area contributed by atoms with Gasteiger partial charge in [0.2, 0.25) is 0 Å². The van der Waals surface area contributed by atoms with Crippen molar-refractivity contribution in [3.63, 3.8) is 0 Å². The van der Waals surface area contributed by atoms with Crippen molar-refractivity contribution in [2.45, 2.75) is 29.9 Å². The van der Waals surface area contributed by atoms with Crippen LogP contribution in [0.4, 0.5) is 17.1 Å². The number of non-ortho nitro benzene ring substituents is 1. The van der Waals surface area contributed by atoms with Crippen LogP contribution in [-0.4, -0.2) is 27.6 Å². The number of hydrogen-bond donors (Lipinski definition) is 2. The molecule has 0 saturated carbocycles. The molecule has 10 nitrogen and oxygen atoms in total. The summed E-state index contributed by atoms with van der Waals surface area (Å²) in [6.45, 7) is 0.299. The van der Waals surface area contributed by atoms with Crippen LogP contribution in [0.3, 0.4) is 0 Å². The Hall–Kier alpha value is -5.03. The van der Waals surface area contributed by atoms with Gasteiger partial charge in [-0.3, -0.25) is 14.8 Å². The molecule has 11 heteroatoms. The summed E-state index contributed by atoms with van der Waals surface area (Å²) in [4.78, 5) is 10.6. The van der Waals surface area contributed by atoms with Crippen molar-refractivity contribution in [2.24, 2.45) is 5.92 Å². The van der Waals surface area contributed by atoms with Crippen molar-refractivity contribution >= 4 is 27.1 Å². The maximum absolute atomic E-state index is 13.4. The highest BCUT2D eigenvalue weighted by atomic mass is 32.2. The van der Waals surface area contributed by atoms with Gasteiger partial charge in [0.1, 0.15) is 12.4 Å². The number of allylic oxidation sites excluding steroid dienone is 2. The van der Waals surface area contributed by atoms with Gasteiger partial charge in [0, 0.05) is 29.8 Å². The summed E-state index contributed by atoms with van der Waals surface area (Å²) in [5.41, 5.74) is 4.19. The molecule has 0 spiro atoms. The summed E-state index contributed by atoms with van der Waals surface area (Å²) in [6, 6.07) is 24.3. The highest BCUT2D eigenvalue weighted by Crippen LogP contribution is 2.50. The topological polar surface area (TPSA) is 129 Å². The number of ether oxygens (including phenoxy) is 3. The molecule has 4 aromatic rings. The van der Waals surface area contributed by atoms with Crippen LogP contribution in [0.2, 0.25) is 0 Å². The van der Waals surface area contributed by atoms with E-state index in [0.29, 0.717) is 29.5 Å². The number of sulfonamides is 1. The van der Waals surface area contributed by atoms with Crippen LogP contribution in [0.25, 0.3) is 0 Å². The van der Waals surface area contributed by atoms with Gasteiger partial charge in [-0.25, -0.2) is 8.42 Å².